The number of hydrogen-bond acceptors (Lipinski definition) is 3. The highest BCUT2D eigenvalue weighted by Gasteiger charge is 2.48. The average molecular weight is 435 g/mol. The summed E-state index contributed by atoms with van der Waals surface area (Å²) in [6, 6.07) is 13.4. The maximum Gasteiger partial charge on any atom is 0.327 e. The third-order valence-corrected chi connectivity index (χ3v) is 6.34. The number of para-hydroxylation sites is 1. The van der Waals surface area contributed by atoms with E-state index in [0.717, 1.165) is 27.7 Å². The summed E-state index contributed by atoms with van der Waals surface area (Å²) in [5, 5.41) is 9.91. The second kappa shape index (κ2) is 7.78. The van der Waals surface area contributed by atoms with Crippen LogP contribution in [0.25, 0.3) is 10.9 Å². The van der Waals surface area contributed by atoms with Crippen LogP contribution in [0.2, 0.25) is 0 Å². The lowest BCUT2D eigenvalue weighted by Gasteiger charge is -2.28. The Labute approximate surface area is 183 Å². The van der Waals surface area contributed by atoms with Gasteiger partial charge in [0.2, 0.25) is 0 Å². The molecule has 3 amide bonds. The number of nitrogens with zero attached hydrogens (tertiary/aromatic N) is 3. The van der Waals surface area contributed by atoms with Crippen molar-refractivity contribution in [3.8, 4) is 0 Å². The van der Waals surface area contributed by atoms with Crippen molar-refractivity contribution >= 4 is 28.8 Å². The van der Waals surface area contributed by atoms with Gasteiger partial charge in [0.05, 0.1) is 6.54 Å². The summed E-state index contributed by atoms with van der Waals surface area (Å²) in [5.74, 6) is -1.50. The first kappa shape index (κ1) is 20.2. The molecule has 1 N–H and O–H groups in total. The molecule has 1 unspecified atom stereocenters. The molecule has 3 heterocycles. The van der Waals surface area contributed by atoms with Gasteiger partial charge in [0.25, 0.3) is 5.91 Å². The van der Waals surface area contributed by atoms with E-state index in [2.05, 4.69) is 4.57 Å². The first-order chi connectivity index (χ1) is 15.4. The standard InChI is InChI=1S/C24H22FN3O4/c25-16-9-7-15(8-10-16)13-27-19-5-2-1-4-17(19)18-12-20-23(31)26(11-3-6-22(29)30)24(32)28(20)14-21(18)27/h1-2,4-5,7-10,20H,3,6,11-14H2,(H,29,30). The molecule has 0 aliphatic carbocycles. The number of benzene rings is 2. The molecule has 164 valence electrons. The molecule has 7 nitrogen and oxygen atoms in total. The van der Waals surface area contributed by atoms with Crippen molar-refractivity contribution in [3.05, 3.63) is 71.2 Å². The molecule has 0 bridgehead atoms. The van der Waals surface area contributed by atoms with Crippen molar-refractivity contribution in [1.29, 1.82) is 0 Å². The zero-order valence-corrected chi connectivity index (χ0v) is 17.3. The second-order valence-electron chi connectivity index (χ2n) is 8.27. The highest BCUT2D eigenvalue weighted by atomic mass is 19.1. The average Bonchev–Trinajstić information content (AvgIpc) is 3.21. The zero-order valence-electron chi connectivity index (χ0n) is 17.3. The summed E-state index contributed by atoms with van der Waals surface area (Å²) in [6.45, 7) is 0.937. The Bertz CT molecular complexity index is 1230. The first-order valence-corrected chi connectivity index (χ1v) is 10.6. The lowest BCUT2D eigenvalue weighted by molar-refractivity contribution is -0.137. The highest BCUT2D eigenvalue weighted by molar-refractivity contribution is 6.05. The van der Waals surface area contributed by atoms with Gasteiger partial charge in [-0.1, -0.05) is 30.3 Å². The molecule has 0 saturated carbocycles. The van der Waals surface area contributed by atoms with Crippen LogP contribution in [0.15, 0.2) is 48.5 Å². The number of carbonyl (C=O) groups excluding carboxylic acids is 2. The van der Waals surface area contributed by atoms with E-state index in [1.54, 1.807) is 17.0 Å². The number of carbonyl (C=O) groups is 3. The zero-order chi connectivity index (χ0) is 22.4. The minimum atomic E-state index is -0.949. The fourth-order valence-corrected chi connectivity index (χ4v) is 4.81. The van der Waals surface area contributed by atoms with Crippen molar-refractivity contribution in [2.75, 3.05) is 6.54 Å². The SMILES string of the molecule is O=C(O)CCCN1C(=O)C2Cc3c(n(Cc4ccc(F)cc4)c4ccccc34)CN2C1=O. The maximum absolute atomic E-state index is 13.4. The van der Waals surface area contributed by atoms with Crippen LogP contribution in [0.5, 0.6) is 0 Å². The molecule has 0 spiro atoms. The van der Waals surface area contributed by atoms with E-state index in [-0.39, 0.29) is 37.1 Å². The number of fused-ring (bicyclic) bond motifs is 4. The van der Waals surface area contributed by atoms with E-state index in [9.17, 15) is 18.8 Å². The third kappa shape index (κ3) is 3.32. The first-order valence-electron chi connectivity index (χ1n) is 10.6. The van der Waals surface area contributed by atoms with E-state index >= 15 is 0 Å². The number of aliphatic carboxylic acids is 1. The van der Waals surface area contributed by atoms with Gasteiger partial charge in [0.1, 0.15) is 11.9 Å². The largest absolute Gasteiger partial charge is 0.481 e. The van der Waals surface area contributed by atoms with Gasteiger partial charge in [-0.2, -0.15) is 0 Å². The normalized spacial score (nSPS) is 17.7. The number of hydrogen-bond donors (Lipinski definition) is 1. The molecule has 1 aromatic heterocycles. The van der Waals surface area contributed by atoms with Gasteiger partial charge in [0, 0.05) is 42.5 Å². The number of amides is 3. The molecule has 2 aromatic carbocycles. The van der Waals surface area contributed by atoms with Gasteiger partial charge in [-0.05, 0) is 35.7 Å². The Morgan fingerprint density at radius 2 is 1.84 bits per heavy atom. The third-order valence-electron chi connectivity index (χ3n) is 6.34. The van der Waals surface area contributed by atoms with E-state index in [4.69, 9.17) is 5.11 Å². The fourth-order valence-electron chi connectivity index (χ4n) is 4.81. The van der Waals surface area contributed by atoms with Crippen LogP contribution in [0.3, 0.4) is 0 Å². The van der Waals surface area contributed by atoms with Gasteiger partial charge in [-0.3, -0.25) is 14.5 Å². The molecular formula is C24H22FN3O4. The lowest BCUT2D eigenvalue weighted by atomic mass is 9.97. The number of aromatic nitrogens is 1. The van der Waals surface area contributed by atoms with Crippen molar-refractivity contribution in [2.24, 2.45) is 0 Å². The number of halogens is 1. The van der Waals surface area contributed by atoms with Crippen LogP contribution in [0, 0.1) is 5.82 Å². The number of urea groups is 1. The topological polar surface area (TPSA) is 82.8 Å². The summed E-state index contributed by atoms with van der Waals surface area (Å²) in [5.41, 5.74) is 3.98. The molecular weight excluding hydrogens is 413 g/mol. The predicted octanol–water partition coefficient (Wildman–Crippen LogP) is 3.38. The molecule has 8 heteroatoms. The Morgan fingerprint density at radius 3 is 2.59 bits per heavy atom. The fraction of sp³-hybridized carbons (Fsp3) is 0.292. The Morgan fingerprint density at radius 1 is 1.09 bits per heavy atom. The van der Waals surface area contributed by atoms with E-state index in [0.29, 0.717) is 19.5 Å². The molecule has 3 aromatic rings. The van der Waals surface area contributed by atoms with Gasteiger partial charge in [0.15, 0.2) is 0 Å². The van der Waals surface area contributed by atoms with Crippen LogP contribution < -0.4 is 0 Å². The quantitative estimate of drug-likeness (QED) is 0.602. The van der Waals surface area contributed by atoms with Gasteiger partial charge in [-0.25, -0.2) is 9.18 Å². The minimum Gasteiger partial charge on any atom is -0.481 e. The van der Waals surface area contributed by atoms with E-state index < -0.39 is 12.0 Å². The molecule has 32 heavy (non-hydrogen) atoms. The minimum absolute atomic E-state index is 0.0880. The number of carboxylic acids is 1. The molecule has 5 rings (SSSR count). The van der Waals surface area contributed by atoms with Crippen molar-refractivity contribution < 1.29 is 23.9 Å². The van der Waals surface area contributed by atoms with Gasteiger partial charge >= 0.3 is 12.0 Å². The highest BCUT2D eigenvalue weighted by Crippen LogP contribution is 2.36. The summed E-state index contributed by atoms with van der Waals surface area (Å²) < 4.78 is 15.5. The van der Waals surface area contributed by atoms with Crippen molar-refractivity contribution in [3.63, 3.8) is 0 Å². The molecule has 1 fully saturated rings. The summed E-state index contributed by atoms with van der Waals surface area (Å²) in [6.07, 6.45) is 0.571. The predicted molar refractivity (Wildman–Crippen MR) is 114 cm³/mol. The molecule has 2 aliphatic heterocycles. The molecule has 1 atom stereocenters. The smallest absolute Gasteiger partial charge is 0.327 e. The van der Waals surface area contributed by atoms with Crippen molar-refractivity contribution in [2.45, 2.75) is 38.4 Å². The van der Waals surface area contributed by atoms with Crippen molar-refractivity contribution in [1.82, 2.24) is 14.4 Å². The van der Waals surface area contributed by atoms with E-state index in [1.165, 1.54) is 17.0 Å². The monoisotopic (exact) mass is 435 g/mol. The number of carboxylic acid groups (broad SMARTS) is 1. The Balaban J connectivity index is 1.49. The van der Waals surface area contributed by atoms with Gasteiger partial charge < -0.3 is 14.6 Å². The van der Waals surface area contributed by atoms with E-state index in [1.807, 2.05) is 24.3 Å². The Kier molecular flexibility index (Phi) is 4.92. The van der Waals surface area contributed by atoms with Crippen LogP contribution in [-0.4, -0.2) is 50.0 Å². The van der Waals surface area contributed by atoms with Crippen LogP contribution in [0.4, 0.5) is 9.18 Å². The van der Waals surface area contributed by atoms with Crippen LogP contribution >= 0.6 is 0 Å². The summed E-state index contributed by atoms with van der Waals surface area (Å²) in [4.78, 5) is 39.6. The number of rotatable bonds is 6. The summed E-state index contributed by atoms with van der Waals surface area (Å²) in [7, 11) is 0. The maximum atomic E-state index is 13.4. The molecule has 2 aliphatic rings. The van der Waals surface area contributed by atoms with Gasteiger partial charge in [-0.15, -0.1) is 0 Å². The lowest BCUT2D eigenvalue weighted by Crippen LogP contribution is -2.40. The second-order valence-corrected chi connectivity index (χ2v) is 8.27. The molecule has 0 radical (unpaired) electrons. The number of imide groups is 1. The van der Waals surface area contributed by atoms with Crippen LogP contribution in [0.1, 0.15) is 29.7 Å². The van der Waals surface area contributed by atoms with Crippen LogP contribution in [-0.2, 0) is 29.1 Å². The summed E-state index contributed by atoms with van der Waals surface area (Å²) >= 11 is 0. The molecule has 1 saturated heterocycles. The Hall–Kier alpha value is -3.68.